The van der Waals surface area contributed by atoms with E-state index in [0.717, 1.165) is 42.4 Å². The SMILES string of the molecule is O=C(Nc1scc(C2CCCCC2)c1C(=O)O)OCC1c2ccccc2-c2ccccc21. The molecule has 0 spiro atoms. The summed E-state index contributed by atoms with van der Waals surface area (Å²) in [5.74, 6) is -0.779. The van der Waals surface area contributed by atoms with Gasteiger partial charge in [-0.1, -0.05) is 67.8 Å². The number of hydrogen-bond donors (Lipinski definition) is 2. The van der Waals surface area contributed by atoms with Crippen molar-refractivity contribution in [2.45, 2.75) is 43.9 Å². The number of anilines is 1. The number of rotatable bonds is 5. The number of ether oxygens (including phenoxy) is 1. The van der Waals surface area contributed by atoms with Crippen molar-refractivity contribution in [2.75, 3.05) is 11.9 Å². The van der Waals surface area contributed by atoms with Crippen molar-refractivity contribution in [1.82, 2.24) is 0 Å². The zero-order valence-electron chi connectivity index (χ0n) is 17.7. The Morgan fingerprint density at radius 3 is 2.19 bits per heavy atom. The highest BCUT2D eigenvalue weighted by atomic mass is 32.1. The third kappa shape index (κ3) is 3.79. The lowest BCUT2D eigenvalue weighted by atomic mass is 9.83. The number of thiophene rings is 1. The molecular weight excluding hydrogens is 422 g/mol. The lowest BCUT2D eigenvalue weighted by Gasteiger charge is -2.21. The van der Waals surface area contributed by atoms with E-state index < -0.39 is 12.1 Å². The van der Waals surface area contributed by atoms with Crippen molar-refractivity contribution in [3.8, 4) is 11.1 Å². The number of carboxylic acid groups (broad SMARTS) is 1. The summed E-state index contributed by atoms with van der Waals surface area (Å²) in [6.45, 7) is 0.198. The van der Waals surface area contributed by atoms with Crippen molar-refractivity contribution >= 4 is 28.4 Å². The van der Waals surface area contributed by atoms with E-state index in [9.17, 15) is 14.7 Å². The maximum absolute atomic E-state index is 12.6. The third-order valence-electron chi connectivity index (χ3n) is 6.64. The molecule has 0 unspecified atom stereocenters. The number of carboxylic acids is 1. The molecule has 3 aromatic rings. The second kappa shape index (κ2) is 8.79. The zero-order chi connectivity index (χ0) is 22.1. The van der Waals surface area contributed by atoms with Gasteiger partial charge in [0.25, 0.3) is 0 Å². The highest BCUT2D eigenvalue weighted by Crippen LogP contribution is 2.45. The topological polar surface area (TPSA) is 75.6 Å². The molecule has 2 aliphatic rings. The first-order valence-corrected chi connectivity index (χ1v) is 12.0. The van der Waals surface area contributed by atoms with E-state index >= 15 is 0 Å². The normalized spacial score (nSPS) is 15.8. The van der Waals surface area contributed by atoms with Gasteiger partial charge in [-0.25, -0.2) is 9.59 Å². The number of carbonyl (C=O) groups excluding carboxylic acids is 1. The van der Waals surface area contributed by atoms with Gasteiger partial charge in [0.2, 0.25) is 0 Å². The molecule has 5 nitrogen and oxygen atoms in total. The third-order valence-corrected chi connectivity index (χ3v) is 7.55. The Morgan fingerprint density at radius 2 is 1.56 bits per heavy atom. The Morgan fingerprint density at radius 1 is 0.938 bits per heavy atom. The van der Waals surface area contributed by atoms with Crippen LogP contribution in [0.1, 0.15) is 71.0 Å². The van der Waals surface area contributed by atoms with Gasteiger partial charge in [-0.3, -0.25) is 5.32 Å². The summed E-state index contributed by atoms with van der Waals surface area (Å²) in [6, 6.07) is 16.3. The molecule has 2 N–H and O–H groups in total. The average molecular weight is 448 g/mol. The van der Waals surface area contributed by atoms with Crippen LogP contribution < -0.4 is 5.32 Å². The van der Waals surface area contributed by atoms with E-state index in [2.05, 4.69) is 29.6 Å². The molecule has 1 heterocycles. The molecule has 0 bridgehead atoms. The highest BCUT2D eigenvalue weighted by molar-refractivity contribution is 7.15. The van der Waals surface area contributed by atoms with Gasteiger partial charge in [0.05, 0.1) is 5.56 Å². The maximum Gasteiger partial charge on any atom is 0.412 e. The monoisotopic (exact) mass is 447 g/mol. The van der Waals surface area contributed by atoms with Crippen LogP contribution in [0.25, 0.3) is 11.1 Å². The molecule has 2 aromatic carbocycles. The number of hydrogen-bond acceptors (Lipinski definition) is 4. The summed E-state index contributed by atoms with van der Waals surface area (Å²) in [5.41, 5.74) is 5.68. The van der Waals surface area contributed by atoms with E-state index in [1.165, 1.54) is 28.9 Å². The smallest absolute Gasteiger partial charge is 0.412 e. The Hall–Kier alpha value is -3.12. The van der Waals surface area contributed by atoms with Crippen LogP contribution >= 0.6 is 11.3 Å². The summed E-state index contributed by atoms with van der Waals surface area (Å²) in [6.07, 6.45) is 4.83. The van der Waals surface area contributed by atoms with Crippen LogP contribution in [0.5, 0.6) is 0 Å². The number of amides is 1. The number of nitrogens with one attached hydrogen (secondary N) is 1. The first kappa shape index (κ1) is 20.8. The Bertz CT molecular complexity index is 1120. The molecule has 1 amide bonds. The van der Waals surface area contributed by atoms with E-state index in [4.69, 9.17) is 4.74 Å². The zero-order valence-corrected chi connectivity index (χ0v) is 18.5. The number of benzene rings is 2. The second-order valence-electron chi connectivity index (χ2n) is 8.49. The fraction of sp³-hybridized carbons (Fsp3) is 0.308. The maximum atomic E-state index is 12.6. The summed E-state index contributed by atoms with van der Waals surface area (Å²) in [4.78, 5) is 24.6. The van der Waals surface area contributed by atoms with Gasteiger partial charge in [-0.2, -0.15) is 0 Å². The van der Waals surface area contributed by atoms with Crippen LogP contribution in [-0.2, 0) is 4.74 Å². The van der Waals surface area contributed by atoms with Crippen LogP contribution in [0.4, 0.5) is 9.80 Å². The minimum absolute atomic E-state index is 0.0340. The lowest BCUT2D eigenvalue weighted by Crippen LogP contribution is -2.19. The van der Waals surface area contributed by atoms with Gasteiger partial charge >= 0.3 is 12.1 Å². The van der Waals surface area contributed by atoms with Crippen LogP contribution in [0.15, 0.2) is 53.9 Å². The molecular formula is C26H25NO4S. The van der Waals surface area contributed by atoms with Crippen LogP contribution in [-0.4, -0.2) is 23.8 Å². The standard InChI is InChI=1S/C26H25NO4S/c28-25(29)23-22(16-8-2-1-3-9-16)15-32-24(23)27-26(30)31-14-21-19-12-6-4-10-17(19)18-11-5-7-13-20(18)21/h4-7,10-13,15-16,21H,1-3,8-9,14H2,(H,27,30)(H,28,29). The van der Waals surface area contributed by atoms with E-state index in [1.807, 2.05) is 29.6 Å². The van der Waals surface area contributed by atoms with Gasteiger partial charge in [-0.15, -0.1) is 11.3 Å². The quantitative estimate of drug-likeness (QED) is 0.448. The molecule has 6 heteroatoms. The Labute approximate surface area is 191 Å². The minimum atomic E-state index is -0.999. The first-order valence-electron chi connectivity index (χ1n) is 11.1. The molecule has 2 aliphatic carbocycles. The van der Waals surface area contributed by atoms with Crippen molar-refractivity contribution in [3.63, 3.8) is 0 Å². The largest absolute Gasteiger partial charge is 0.478 e. The molecule has 164 valence electrons. The molecule has 1 aromatic heterocycles. The lowest BCUT2D eigenvalue weighted by molar-refractivity contribution is 0.0696. The van der Waals surface area contributed by atoms with E-state index in [0.29, 0.717) is 5.00 Å². The summed E-state index contributed by atoms with van der Waals surface area (Å²) >= 11 is 1.27. The fourth-order valence-electron chi connectivity index (χ4n) is 5.13. The van der Waals surface area contributed by atoms with Crippen LogP contribution in [0.3, 0.4) is 0 Å². The summed E-state index contributed by atoms with van der Waals surface area (Å²) < 4.78 is 5.60. The summed E-state index contributed by atoms with van der Waals surface area (Å²) in [5, 5.41) is 14.8. The van der Waals surface area contributed by atoms with E-state index in [1.54, 1.807) is 0 Å². The summed E-state index contributed by atoms with van der Waals surface area (Å²) in [7, 11) is 0. The fourth-order valence-corrected chi connectivity index (χ4v) is 6.15. The predicted octanol–water partition coefficient (Wildman–Crippen LogP) is 6.86. The Kier molecular flexibility index (Phi) is 5.70. The molecule has 0 radical (unpaired) electrons. The highest BCUT2D eigenvalue weighted by Gasteiger charge is 2.30. The minimum Gasteiger partial charge on any atom is -0.478 e. The molecule has 0 saturated heterocycles. The number of fused-ring (bicyclic) bond motifs is 3. The van der Waals surface area contributed by atoms with Gasteiger partial charge in [0.1, 0.15) is 11.6 Å². The molecule has 32 heavy (non-hydrogen) atoms. The molecule has 0 aliphatic heterocycles. The molecule has 0 atom stereocenters. The second-order valence-corrected chi connectivity index (χ2v) is 9.37. The van der Waals surface area contributed by atoms with Crippen LogP contribution in [0, 0.1) is 0 Å². The number of carbonyl (C=O) groups is 2. The molecule has 1 fully saturated rings. The Balaban J connectivity index is 1.31. The van der Waals surface area contributed by atoms with Crippen molar-refractivity contribution in [3.05, 3.63) is 76.2 Å². The van der Waals surface area contributed by atoms with E-state index in [-0.39, 0.29) is 24.0 Å². The van der Waals surface area contributed by atoms with Crippen LogP contribution in [0.2, 0.25) is 0 Å². The van der Waals surface area contributed by atoms with Crippen molar-refractivity contribution < 1.29 is 19.4 Å². The van der Waals surface area contributed by atoms with Crippen molar-refractivity contribution in [2.24, 2.45) is 0 Å². The van der Waals surface area contributed by atoms with Gasteiger partial charge in [0, 0.05) is 5.92 Å². The van der Waals surface area contributed by atoms with Gasteiger partial charge in [0.15, 0.2) is 0 Å². The van der Waals surface area contributed by atoms with Crippen molar-refractivity contribution in [1.29, 1.82) is 0 Å². The predicted molar refractivity (Wildman–Crippen MR) is 126 cm³/mol. The average Bonchev–Trinajstić information content (AvgIpc) is 3.38. The number of aromatic carboxylic acids is 1. The van der Waals surface area contributed by atoms with Gasteiger partial charge in [-0.05, 0) is 52.0 Å². The van der Waals surface area contributed by atoms with Gasteiger partial charge < -0.3 is 9.84 Å². The first-order chi connectivity index (χ1) is 15.6. The molecule has 1 saturated carbocycles. The molecule has 5 rings (SSSR count).